The highest BCUT2D eigenvalue weighted by Gasteiger charge is 2.17. The van der Waals surface area contributed by atoms with Crippen LogP contribution in [0.3, 0.4) is 0 Å². The van der Waals surface area contributed by atoms with E-state index in [-0.39, 0.29) is 0 Å². The van der Waals surface area contributed by atoms with Crippen molar-refractivity contribution in [2.75, 3.05) is 0 Å². The molecule has 0 aromatic rings. The molecule has 0 spiro atoms. The molecule has 0 saturated carbocycles. The minimum atomic E-state index is -2.25. The molecule has 11 heavy (non-hydrogen) atoms. The zero-order valence-corrected chi connectivity index (χ0v) is 6.43. The number of alkyl halides is 2. The zero-order valence-electron chi connectivity index (χ0n) is 6.43. The number of rotatable bonds is 2. The van der Waals surface area contributed by atoms with Crippen LogP contribution in [0.5, 0.6) is 0 Å². The van der Waals surface area contributed by atoms with Crippen molar-refractivity contribution >= 4 is 0 Å². The van der Waals surface area contributed by atoms with Gasteiger partial charge in [0.1, 0.15) is 0 Å². The van der Waals surface area contributed by atoms with Gasteiger partial charge in [0.15, 0.2) is 0 Å². The molecule has 0 bridgehead atoms. The fourth-order valence-electron chi connectivity index (χ4n) is 1.01. The molecule has 0 fully saturated rings. The first kappa shape index (κ1) is 8.44. The Bertz CT molecular complexity index is 180. The second-order valence-corrected chi connectivity index (χ2v) is 2.66. The third-order valence-corrected chi connectivity index (χ3v) is 1.82. The van der Waals surface area contributed by atoms with Gasteiger partial charge in [0.05, 0.1) is 0 Å². The van der Waals surface area contributed by atoms with E-state index >= 15 is 0 Å². The molecule has 0 nitrogen and oxygen atoms in total. The lowest BCUT2D eigenvalue weighted by molar-refractivity contribution is 0.105. The number of allylic oxidation sites excluding steroid dienone is 4. The van der Waals surface area contributed by atoms with E-state index in [9.17, 15) is 8.78 Å². The maximum atomic E-state index is 12.1. The number of halogens is 2. The van der Waals surface area contributed by atoms with Crippen molar-refractivity contribution in [3.63, 3.8) is 0 Å². The summed E-state index contributed by atoms with van der Waals surface area (Å²) in [5, 5.41) is 0. The van der Waals surface area contributed by atoms with Gasteiger partial charge in [-0.15, -0.1) is 0 Å². The molecule has 1 atom stereocenters. The lowest BCUT2D eigenvalue weighted by atomic mass is 9.96. The van der Waals surface area contributed by atoms with Crippen LogP contribution in [0.1, 0.15) is 13.3 Å². The molecule has 1 rings (SSSR count). The summed E-state index contributed by atoms with van der Waals surface area (Å²) in [6.45, 7) is 1.55. The Balaban J connectivity index is 2.59. The first-order chi connectivity index (χ1) is 5.22. The maximum absolute atomic E-state index is 12.1. The summed E-state index contributed by atoms with van der Waals surface area (Å²) in [5.74, 6) is -0.625. The van der Waals surface area contributed by atoms with Crippen LogP contribution in [-0.2, 0) is 0 Å². The molecule has 0 aromatic heterocycles. The van der Waals surface area contributed by atoms with Crippen molar-refractivity contribution in [1.82, 2.24) is 0 Å². The summed E-state index contributed by atoms with van der Waals surface area (Å²) < 4.78 is 24.3. The van der Waals surface area contributed by atoms with Gasteiger partial charge in [0.25, 0.3) is 0 Å². The Kier molecular flexibility index (Phi) is 2.80. The topological polar surface area (TPSA) is 0 Å². The summed E-state index contributed by atoms with van der Waals surface area (Å²) in [6, 6.07) is 0. The number of hydrogen-bond donors (Lipinski definition) is 0. The van der Waals surface area contributed by atoms with E-state index in [2.05, 4.69) is 0 Å². The standard InChI is InChI=1S/C9H11F2/c1-7(9(10)11)8-5-3-2-4-6-8/h2-3,5-7,9H,4H2,1H3/t7-/m0/s1. The van der Waals surface area contributed by atoms with Crippen LogP contribution in [-0.4, -0.2) is 6.43 Å². The van der Waals surface area contributed by atoms with Crippen LogP contribution < -0.4 is 0 Å². The summed E-state index contributed by atoms with van der Waals surface area (Å²) in [7, 11) is 0. The molecule has 1 radical (unpaired) electrons. The van der Waals surface area contributed by atoms with E-state index in [0.29, 0.717) is 0 Å². The zero-order chi connectivity index (χ0) is 8.27. The third kappa shape index (κ3) is 2.14. The van der Waals surface area contributed by atoms with Gasteiger partial charge in [-0.3, -0.25) is 0 Å². The summed E-state index contributed by atoms with van der Waals surface area (Å²) in [5.41, 5.74) is 0.752. The molecule has 0 aromatic carbocycles. The van der Waals surface area contributed by atoms with Crippen LogP contribution in [0.4, 0.5) is 8.78 Å². The van der Waals surface area contributed by atoms with E-state index in [1.807, 2.05) is 18.6 Å². The van der Waals surface area contributed by atoms with Crippen LogP contribution in [0, 0.1) is 12.3 Å². The Hall–Kier alpha value is -0.660. The van der Waals surface area contributed by atoms with Gasteiger partial charge < -0.3 is 0 Å². The molecule has 61 valence electrons. The molecule has 1 aliphatic carbocycles. The van der Waals surface area contributed by atoms with Crippen molar-refractivity contribution in [3.05, 3.63) is 30.2 Å². The quantitative estimate of drug-likeness (QED) is 0.578. The summed E-state index contributed by atoms with van der Waals surface area (Å²) in [6.07, 6.45) is 5.90. The second-order valence-electron chi connectivity index (χ2n) is 2.66. The lowest BCUT2D eigenvalue weighted by Crippen LogP contribution is -2.09. The molecule has 0 saturated heterocycles. The predicted octanol–water partition coefficient (Wildman–Crippen LogP) is 2.98. The molecular weight excluding hydrogens is 146 g/mol. The van der Waals surface area contributed by atoms with E-state index in [1.165, 1.54) is 0 Å². The first-order valence-corrected chi connectivity index (χ1v) is 3.70. The Morgan fingerprint density at radius 3 is 2.64 bits per heavy atom. The molecule has 0 heterocycles. The maximum Gasteiger partial charge on any atom is 0.245 e. The lowest BCUT2D eigenvalue weighted by Gasteiger charge is -2.13. The molecule has 0 N–H and O–H groups in total. The Morgan fingerprint density at radius 2 is 2.18 bits per heavy atom. The van der Waals surface area contributed by atoms with Crippen molar-refractivity contribution < 1.29 is 8.78 Å². The van der Waals surface area contributed by atoms with Gasteiger partial charge in [-0.1, -0.05) is 25.2 Å². The normalized spacial score (nSPS) is 20.2. The van der Waals surface area contributed by atoms with Gasteiger partial charge in [-0.25, -0.2) is 8.78 Å². The fourth-order valence-corrected chi connectivity index (χ4v) is 1.01. The van der Waals surface area contributed by atoms with Gasteiger partial charge in [-0.2, -0.15) is 0 Å². The van der Waals surface area contributed by atoms with E-state index < -0.39 is 12.3 Å². The van der Waals surface area contributed by atoms with Gasteiger partial charge in [-0.05, 0) is 18.4 Å². The summed E-state index contributed by atoms with van der Waals surface area (Å²) >= 11 is 0. The van der Waals surface area contributed by atoms with Crippen molar-refractivity contribution in [2.45, 2.75) is 19.8 Å². The smallest absolute Gasteiger partial charge is 0.210 e. The van der Waals surface area contributed by atoms with E-state index in [0.717, 1.165) is 12.0 Å². The number of hydrogen-bond acceptors (Lipinski definition) is 0. The van der Waals surface area contributed by atoms with Gasteiger partial charge >= 0.3 is 0 Å². The highest BCUT2D eigenvalue weighted by atomic mass is 19.3. The van der Waals surface area contributed by atoms with Crippen LogP contribution in [0.2, 0.25) is 0 Å². The molecule has 0 unspecified atom stereocenters. The summed E-state index contributed by atoms with van der Waals surface area (Å²) in [4.78, 5) is 0. The molecule has 1 aliphatic rings. The van der Waals surface area contributed by atoms with E-state index in [4.69, 9.17) is 0 Å². The van der Waals surface area contributed by atoms with Crippen molar-refractivity contribution in [2.24, 2.45) is 5.92 Å². The van der Waals surface area contributed by atoms with Crippen LogP contribution in [0.25, 0.3) is 0 Å². The SMILES string of the molecule is C[C@@H](C1=CC[CH]C=C1)C(F)F. The van der Waals surface area contributed by atoms with E-state index in [1.54, 1.807) is 13.0 Å². The molecule has 2 heteroatoms. The monoisotopic (exact) mass is 157 g/mol. The van der Waals surface area contributed by atoms with Gasteiger partial charge in [0.2, 0.25) is 6.43 Å². The minimum Gasteiger partial charge on any atom is -0.210 e. The average molecular weight is 157 g/mol. The predicted molar refractivity (Wildman–Crippen MR) is 41.3 cm³/mol. The molecule has 0 amide bonds. The fraction of sp³-hybridized carbons (Fsp3) is 0.444. The van der Waals surface area contributed by atoms with Gasteiger partial charge in [0, 0.05) is 5.92 Å². The Morgan fingerprint density at radius 1 is 1.45 bits per heavy atom. The minimum absolute atomic E-state index is 0.625. The Labute approximate surface area is 65.6 Å². The highest BCUT2D eigenvalue weighted by Crippen LogP contribution is 2.22. The molecular formula is C9H11F2. The first-order valence-electron chi connectivity index (χ1n) is 3.70. The van der Waals surface area contributed by atoms with Crippen molar-refractivity contribution in [3.8, 4) is 0 Å². The van der Waals surface area contributed by atoms with Crippen LogP contribution in [0.15, 0.2) is 23.8 Å². The average Bonchev–Trinajstić information content (AvgIpc) is 2.05. The second kappa shape index (κ2) is 3.65. The van der Waals surface area contributed by atoms with Crippen LogP contribution >= 0.6 is 0 Å². The highest BCUT2D eigenvalue weighted by molar-refractivity contribution is 5.28. The molecule has 0 aliphatic heterocycles. The largest absolute Gasteiger partial charge is 0.245 e. The third-order valence-electron chi connectivity index (χ3n) is 1.82. The van der Waals surface area contributed by atoms with Crippen molar-refractivity contribution in [1.29, 1.82) is 0 Å².